The fourth-order valence-corrected chi connectivity index (χ4v) is 2.23. The summed E-state index contributed by atoms with van der Waals surface area (Å²) in [5, 5.41) is 18.7. The minimum Gasteiger partial charge on any atom is -0.504 e. The van der Waals surface area contributed by atoms with Gasteiger partial charge in [-0.05, 0) is 50.0 Å². The summed E-state index contributed by atoms with van der Waals surface area (Å²) >= 11 is 0. The molecule has 0 spiro atoms. The third kappa shape index (κ3) is 2.23. The van der Waals surface area contributed by atoms with E-state index >= 15 is 0 Å². The zero-order chi connectivity index (χ0) is 10.8. The topological polar surface area (TPSA) is 43.7 Å². The van der Waals surface area contributed by atoms with Crippen molar-refractivity contribution in [3.8, 4) is 11.5 Å². The maximum Gasteiger partial charge on any atom is 0.157 e. The van der Waals surface area contributed by atoms with Gasteiger partial charge < -0.3 is 15.1 Å². The van der Waals surface area contributed by atoms with Gasteiger partial charge in [-0.3, -0.25) is 0 Å². The highest BCUT2D eigenvalue weighted by molar-refractivity contribution is 5.41. The van der Waals surface area contributed by atoms with Gasteiger partial charge >= 0.3 is 0 Å². The molecule has 1 heterocycles. The standard InChI is InChI=1S/C12H17NO2/c1-13-6-2-3-10(8-13)9-4-5-11(14)12(15)7-9/h4-5,7,10,14-15H,2-3,6,8H2,1H3/t10-/m1/s1. The lowest BCUT2D eigenvalue weighted by Gasteiger charge is -2.30. The predicted molar refractivity (Wildman–Crippen MR) is 59.2 cm³/mol. The summed E-state index contributed by atoms with van der Waals surface area (Å²) in [7, 11) is 2.12. The molecule has 3 nitrogen and oxygen atoms in total. The molecule has 15 heavy (non-hydrogen) atoms. The number of phenolic OH excluding ortho intramolecular Hbond substituents is 2. The van der Waals surface area contributed by atoms with Crippen molar-refractivity contribution in [1.82, 2.24) is 4.90 Å². The molecule has 1 atom stereocenters. The number of rotatable bonds is 1. The predicted octanol–water partition coefficient (Wildman–Crippen LogP) is 1.91. The highest BCUT2D eigenvalue weighted by Gasteiger charge is 2.19. The van der Waals surface area contributed by atoms with Gasteiger partial charge in [0.1, 0.15) is 0 Å². The van der Waals surface area contributed by atoms with Crippen LogP contribution in [0.4, 0.5) is 0 Å². The van der Waals surface area contributed by atoms with E-state index in [9.17, 15) is 10.2 Å². The van der Waals surface area contributed by atoms with Crippen LogP contribution in [0.3, 0.4) is 0 Å². The smallest absolute Gasteiger partial charge is 0.157 e. The number of likely N-dealkylation sites (N-methyl/N-ethyl adjacent to an activating group) is 1. The zero-order valence-electron chi connectivity index (χ0n) is 8.98. The highest BCUT2D eigenvalue weighted by atomic mass is 16.3. The van der Waals surface area contributed by atoms with Crippen LogP contribution in [0.5, 0.6) is 11.5 Å². The van der Waals surface area contributed by atoms with Crippen LogP contribution in [-0.4, -0.2) is 35.3 Å². The van der Waals surface area contributed by atoms with E-state index in [2.05, 4.69) is 11.9 Å². The molecule has 1 aliphatic heterocycles. The van der Waals surface area contributed by atoms with E-state index in [4.69, 9.17) is 0 Å². The van der Waals surface area contributed by atoms with E-state index in [0.717, 1.165) is 25.1 Å². The molecule has 2 N–H and O–H groups in total. The first-order chi connectivity index (χ1) is 7.16. The van der Waals surface area contributed by atoms with Crippen LogP contribution in [0.2, 0.25) is 0 Å². The average Bonchev–Trinajstić information content (AvgIpc) is 2.22. The van der Waals surface area contributed by atoms with Gasteiger partial charge in [0, 0.05) is 6.54 Å². The first-order valence-corrected chi connectivity index (χ1v) is 5.37. The van der Waals surface area contributed by atoms with Crippen LogP contribution in [0.1, 0.15) is 24.3 Å². The lowest BCUT2D eigenvalue weighted by molar-refractivity contribution is 0.250. The summed E-state index contributed by atoms with van der Waals surface area (Å²) in [6.45, 7) is 2.19. The molecule has 3 heteroatoms. The summed E-state index contributed by atoms with van der Waals surface area (Å²) < 4.78 is 0. The second kappa shape index (κ2) is 4.11. The maximum absolute atomic E-state index is 9.43. The number of phenols is 2. The Labute approximate surface area is 90.0 Å². The normalized spacial score (nSPS) is 22.9. The molecule has 1 aromatic rings. The number of aromatic hydroxyl groups is 2. The van der Waals surface area contributed by atoms with E-state index in [1.165, 1.54) is 6.42 Å². The van der Waals surface area contributed by atoms with E-state index in [0.29, 0.717) is 5.92 Å². The zero-order valence-corrected chi connectivity index (χ0v) is 8.98. The molecule has 0 radical (unpaired) electrons. The fraction of sp³-hybridized carbons (Fsp3) is 0.500. The van der Waals surface area contributed by atoms with Gasteiger partial charge in [-0.25, -0.2) is 0 Å². The molecule has 0 aliphatic carbocycles. The molecule has 0 saturated carbocycles. The number of hydrogen-bond acceptors (Lipinski definition) is 3. The lowest BCUT2D eigenvalue weighted by atomic mass is 9.91. The molecule has 2 rings (SSSR count). The molecule has 0 amide bonds. The van der Waals surface area contributed by atoms with Crippen LogP contribution in [0, 0.1) is 0 Å². The fourth-order valence-electron chi connectivity index (χ4n) is 2.23. The Morgan fingerprint density at radius 2 is 2.07 bits per heavy atom. The number of benzene rings is 1. The molecule has 1 aromatic carbocycles. The van der Waals surface area contributed by atoms with Gasteiger partial charge in [-0.2, -0.15) is 0 Å². The minimum absolute atomic E-state index is 0.0132. The third-order valence-electron chi connectivity index (χ3n) is 3.10. The highest BCUT2D eigenvalue weighted by Crippen LogP contribution is 2.32. The number of nitrogens with zero attached hydrogens (tertiary/aromatic N) is 1. The van der Waals surface area contributed by atoms with Crippen molar-refractivity contribution in [2.45, 2.75) is 18.8 Å². The summed E-state index contributed by atoms with van der Waals surface area (Å²) in [5.41, 5.74) is 1.12. The van der Waals surface area contributed by atoms with Gasteiger partial charge in [-0.15, -0.1) is 0 Å². The van der Waals surface area contributed by atoms with E-state index in [-0.39, 0.29) is 11.5 Å². The molecule has 1 aliphatic rings. The van der Waals surface area contributed by atoms with Crippen molar-refractivity contribution in [2.75, 3.05) is 20.1 Å². The van der Waals surface area contributed by atoms with Gasteiger partial charge in [0.15, 0.2) is 11.5 Å². The summed E-state index contributed by atoms with van der Waals surface area (Å²) in [6.07, 6.45) is 2.36. The van der Waals surface area contributed by atoms with Gasteiger partial charge in [0.2, 0.25) is 0 Å². The largest absolute Gasteiger partial charge is 0.504 e. The van der Waals surface area contributed by atoms with E-state index < -0.39 is 0 Å². The molecular formula is C12H17NO2. The lowest BCUT2D eigenvalue weighted by Crippen LogP contribution is -2.30. The second-order valence-electron chi connectivity index (χ2n) is 4.35. The van der Waals surface area contributed by atoms with Crippen molar-refractivity contribution >= 4 is 0 Å². The number of piperidine rings is 1. The molecular weight excluding hydrogens is 190 g/mol. The van der Waals surface area contributed by atoms with Crippen LogP contribution in [0.25, 0.3) is 0 Å². The SMILES string of the molecule is CN1CCC[C@@H](c2ccc(O)c(O)c2)C1. The summed E-state index contributed by atoms with van der Waals surface area (Å²) in [6, 6.07) is 5.15. The molecule has 82 valence electrons. The molecule has 1 fully saturated rings. The molecule has 0 unspecified atom stereocenters. The van der Waals surface area contributed by atoms with Crippen molar-refractivity contribution < 1.29 is 10.2 Å². The van der Waals surface area contributed by atoms with Crippen LogP contribution in [-0.2, 0) is 0 Å². The Kier molecular flexibility index (Phi) is 2.82. The minimum atomic E-state index is -0.0390. The third-order valence-corrected chi connectivity index (χ3v) is 3.10. The maximum atomic E-state index is 9.43. The first-order valence-electron chi connectivity index (χ1n) is 5.37. The molecule has 0 aromatic heterocycles. The van der Waals surface area contributed by atoms with Crippen molar-refractivity contribution in [3.05, 3.63) is 23.8 Å². The summed E-state index contributed by atoms with van der Waals surface area (Å²) in [4.78, 5) is 2.30. The molecule has 1 saturated heterocycles. The number of likely N-dealkylation sites (tertiary alicyclic amines) is 1. The van der Waals surface area contributed by atoms with Crippen molar-refractivity contribution in [2.24, 2.45) is 0 Å². The van der Waals surface area contributed by atoms with Crippen molar-refractivity contribution in [3.63, 3.8) is 0 Å². The first kappa shape index (κ1) is 10.3. The van der Waals surface area contributed by atoms with Crippen LogP contribution < -0.4 is 0 Å². The van der Waals surface area contributed by atoms with Gasteiger partial charge in [-0.1, -0.05) is 6.07 Å². The Hall–Kier alpha value is -1.22. The van der Waals surface area contributed by atoms with Crippen LogP contribution in [0.15, 0.2) is 18.2 Å². The average molecular weight is 207 g/mol. The quantitative estimate of drug-likeness (QED) is 0.691. The monoisotopic (exact) mass is 207 g/mol. The Morgan fingerprint density at radius 1 is 1.27 bits per heavy atom. The van der Waals surface area contributed by atoms with E-state index in [1.807, 2.05) is 6.07 Å². The van der Waals surface area contributed by atoms with Crippen molar-refractivity contribution in [1.29, 1.82) is 0 Å². The molecule has 0 bridgehead atoms. The Morgan fingerprint density at radius 3 is 2.73 bits per heavy atom. The Balaban J connectivity index is 2.18. The van der Waals surface area contributed by atoms with Gasteiger partial charge in [0.25, 0.3) is 0 Å². The van der Waals surface area contributed by atoms with Gasteiger partial charge in [0.05, 0.1) is 0 Å². The number of hydrogen-bond donors (Lipinski definition) is 2. The van der Waals surface area contributed by atoms with E-state index in [1.54, 1.807) is 12.1 Å². The Bertz CT molecular complexity index is 351. The summed E-state index contributed by atoms with van der Waals surface area (Å²) in [5.74, 6) is 0.430. The van der Waals surface area contributed by atoms with Crippen LogP contribution >= 0.6 is 0 Å². The second-order valence-corrected chi connectivity index (χ2v) is 4.35.